The molecule has 24 heavy (non-hydrogen) atoms. The first-order chi connectivity index (χ1) is 11.5. The third kappa shape index (κ3) is 3.88. The second kappa shape index (κ2) is 7.08. The van der Waals surface area contributed by atoms with E-state index in [2.05, 4.69) is 11.6 Å². The Labute approximate surface area is 142 Å². The van der Waals surface area contributed by atoms with Crippen molar-refractivity contribution in [1.29, 1.82) is 0 Å². The molecule has 0 atom stereocenters. The number of hydrogen-bond acceptors (Lipinski definition) is 4. The Hall–Kier alpha value is -1.64. The lowest BCUT2D eigenvalue weighted by Gasteiger charge is -2.29. The average Bonchev–Trinajstić information content (AvgIpc) is 3.00. The molecular formula is C16H23N3O4S. The SMILES string of the molecule is CC1CCN(S(=O)(=O)NCc2cccc(N3CCOC3=O)c2)CC1. The maximum absolute atomic E-state index is 12.4. The fourth-order valence-corrected chi connectivity index (χ4v) is 4.18. The van der Waals surface area contributed by atoms with Crippen molar-refractivity contribution in [3.63, 3.8) is 0 Å². The van der Waals surface area contributed by atoms with E-state index in [0.29, 0.717) is 32.2 Å². The van der Waals surface area contributed by atoms with Crippen molar-refractivity contribution >= 4 is 22.0 Å². The van der Waals surface area contributed by atoms with Gasteiger partial charge in [-0.25, -0.2) is 4.79 Å². The number of rotatable bonds is 5. The van der Waals surface area contributed by atoms with Gasteiger partial charge < -0.3 is 4.74 Å². The Balaban J connectivity index is 1.63. The van der Waals surface area contributed by atoms with Crippen LogP contribution in [-0.2, 0) is 21.5 Å². The largest absolute Gasteiger partial charge is 0.447 e. The normalized spacial score (nSPS) is 20.4. The number of nitrogens with one attached hydrogen (secondary N) is 1. The molecule has 3 rings (SSSR count). The number of hydrogen-bond donors (Lipinski definition) is 1. The zero-order chi connectivity index (χ0) is 17.2. The van der Waals surface area contributed by atoms with Crippen molar-refractivity contribution in [2.75, 3.05) is 31.1 Å². The van der Waals surface area contributed by atoms with E-state index in [-0.39, 0.29) is 12.6 Å². The molecule has 1 aromatic rings. The minimum absolute atomic E-state index is 0.200. The number of ether oxygens (including phenoxy) is 1. The Morgan fingerprint density at radius 3 is 2.67 bits per heavy atom. The first-order valence-electron chi connectivity index (χ1n) is 8.24. The smallest absolute Gasteiger partial charge is 0.414 e. The van der Waals surface area contributed by atoms with E-state index in [9.17, 15) is 13.2 Å². The predicted octanol–water partition coefficient (Wildman–Crippen LogP) is 1.71. The van der Waals surface area contributed by atoms with Gasteiger partial charge in [0.2, 0.25) is 0 Å². The number of nitrogens with zero attached hydrogens (tertiary/aromatic N) is 2. The summed E-state index contributed by atoms with van der Waals surface area (Å²) in [7, 11) is -3.47. The van der Waals surface area contributed by atoms with Gasteiger partial charge in [0, 0.05) is 25.3 Å². The number of carbonyl (C=O) groups is 1. The highest BCUT2D eigenvalue weighted by Crippen LogP contribution is 2.21. The number of benzene rings is 1. The van der Waals surface area contributed by atoms with E-state index in [4.69, 9.17) is 4.74 Å². The lowest BCUT2D eigenvalue weighted by molar-refractivity contribution is 0.181. The fourth-order valence-electron chi connectivity index (χ4n) is 2.95. The van der Waals surface area contributed by atoms with E-state index < -0.39 is 10.2 Å². The fraction of sp³-hybridized carbons (Fsp3) is 0.562. The molecule has 0 radical (unpaired) electrons. The zero-order valence-corrected chi connectivity index (χ0v) is 14.6. The summed E-state index contributed by atoms with van der Waals surface area (Å²) in [5, 5.41) is 0. The summed E-state index contributed by atoms with van der Waals surface area (Å²) >= 11 is 0. The van der Waals surface area contributed by atoms with Crippen molar-refractivity contribution < 1.29 is 17.9 Å². The summed E-state index contributed by atoms with van der Waals surface area (Å²) in [6.07, 6.45) is 1.43. The van der Waals surface area contributed by atoms with Crippen LogP contribution in [-0.4, -0.2) is 45.1 Å². The van der Waals surface area contributed by atoms with Crippen molar-refractivity contribution in [3.05, 3.63) is 29.8 Å². The standard InChI is InChI=1S/C16H23N3O4S/c1-13-5-7-18(8-6-13)24(21,22)17-12-14-3-2-4-15(11-14)19-9-10-23-16(19)20/h2-4,11,13,17H,5-10,12H2,1H3. The van der Waals surface area contributed by atoms with Gasteiger partial charge in [-0.15, -0.1) is 0 Å². The summed E-state index contributed by atoms with van der Waals surface area (Å²) in [5.74, 6) is 0.577. The lowest BCUT2D eigenvalue weighted by Crippen LogP contribution is -2.44. The molecule has 2 aliphatic rings. The summed E-state index contributed by atoms with van der Waals surface area (Å²) in [4.78, 5) is 13.2. The predicted molar refractivity (Wildman–Crippen MR) is 90.9 cm³/mol. The molecule has 2 fully saturated rings. The van der Waals surface area contributed by atoms with E-state index in [1.165, 1.54) is 4.31 Å². The molecule has 2 heterocycles. The molecule has 0 aliphatic carbocycles. The average molecular weight is 353 g/mol. The number of anilines is 1. The van der Waals surface area contributed by atoms with Crippen LogP contribution in [0.2, 0.25) is 0 Å². The lowest BCUT2D eigenvalue weighted by atomic mass is 10.0. The zero-order valence-electron chi connectivity index (χ0n) is 13.8. The van der Waals surface area contributed by atoms with Crippen LogP contribution in [0, 0.1) is 5.92 Å². The van der Waals surface area contributed by atoms with E-state index in [1.807, 2.05) is 24.3 Å². The molecule has 7 nitrogen and oxygen atoms in total. The maximum Gasteiger partial charge on any atom is 0.414 e. The Bertz CT molecular complexity index is 699. The number of amides is 1. The van der Waals surface area contributed by atoms with Crippen LogP contribution in [0.1, 0.15) is 25.3 Å². The van der Waals surface area contributed by atoms with Crippen molar-refractivity contribution in [2.45, 2.75) is 26.3 Å². The van der Waals surface area contributed by atoms with Gasteiger partial charge >= 0.3 is 6.09 Å². The number of cyclic esters (lactones) is 1. The van der Waals surface area contributed by atoms with Gasteiger partial charge in [0.25, 0.3) is 10.2 Å². The molecule has 1 N–H and O–H groups in total. The highest BCUT2D eigenvalue weighted by Gasteiger charge is 2.26. The minimum atomic E-state index is -3.47. The summed E-state index contributed by atoms with van der Waals surface area (Å²) in [6.45, 7) is 4.37. The van der Waals surface area contributed by atoms with Gasteiger partial charge in [0.1, 0.15) is 6.61 Å². The van der Waals surface area contributed by atoms with Crippen LogP contribution in [0.4, 0.5) is 10.5 Å². The van der Waals surface area contributed by atoms with Gasteiger partial charge in [-0.05, 0) is 36.5 Å². The van der Waals surface area contributed by atoms with Crippen LogP contribution in [0.15, 0.2) is 24.3 Å². The van der Waals surface area contributed by atoms with E-state index in [0.717, 1.165) is 24.1 Å². The second-order valence-corrected chi connectivity index (χ2v) is 8.10. The van der Waals surface area contributed by atoms with Gasteiger partial charge in [0.15, 0.2) is 0 Å². The molecule has 0 spiro atoms. The molecule has 0 saturated carbocycles. The van der Waals surface area contributed by atoms with Crippen molar-refractivity contribution in [2.24, 2.45) is 5.92 Å². The molecule has 8 heteroatoms. The molecule has 2 saturated heterocycles. The molecule has 1 aromatic carbocycles. The van der Waals surface area contributed by atoms with Crippen LogP contribution >= 0.6 is 0 Å². The monoisotopic (exact) mass is 353 g/mol. The quantitative estimate of drug-likeness (QED) is 0.874. The van der Waals surface area contributed by atoms with Crippen LogP contribution in [0.3, 0.4) is 0 Å². The third-order valence-corrected chi connectivity index (χ3v) is 6.08. The maximum atomic E-state index is 12.4. The van der Waals surface area contributed by atoms with Crippen LogP contribution in [0.5, 0.6) is 0 Å². The number of carbonyl (C=O) groups excluding carboxylic acids is 1. The van der Waals surface area contributed by atoms with Gasteiger partial charge in [-0.2, -0.15) is 17.4 Å². The topological polar surface area (TPSA) is 79.0 Å². The molecule has 0 bridgehead atoms. The van der Waals surface area contributed by atoms with Crippen molar-refractivity contribution in [3.8, 4) is 0 Å². The van der Waals surface area contributed by atoms with Crippen LogP contribution in [0.25, 0.3) is 0 Å². The second-order valence-electron chi connectivity index (χ2n) is 6.34. The first kappa shape index (κ1) is 17.2. The minimum Gasteiger partial charge on any atom is -0.447 e. The summed E-state index contributed by atoms with van der Waals surface area (Å²) < 4.78 is 33.9. The Morgan fingerprint density at radius 1 is 1.25 bits per heavy atom. The Morgan fingerprint density at radius 2 is 2.00 bits per heavy atom. The molecule has 1 amide bonds. The van der Waals surface area contributed by atoms with Crippen molar-refractivity contribution in [1.82, 2.24) is 9.03 Å². The molecule has 132 valence electrons. The van der Waals surface area contributed by atoms with Gasteiger partial charge in [-0.1, -0.05) is 19.1 Å². The highest BCUT2D eigenvalue weighted by molar-refractivity contribution is 7.87. The summed E-state index contributed by atoms with van der Waals surface area (Å²) in [5.41, 5.74) is 1.53. The van der Waals surface area contributed by atoms with Crippen LogP contribution < -0.4 is 9.62 Å². The third-order valence-electron chi connectivity index (χ3n) is 4.52. The number of piperidine rings is 1. The molecule has 0 aromatic heterocycles. The highest BCUT2D eigenvalue weighted by atomic mass is 32.2. The molecular weight excluding hydrogens is 330 g/mol. The molecule has 2 aliphatic heterocycles. The Kier molecular flexibility index (Phi) is 5.07. The van der Waals surface area contributed by atoms with Gasteiger partial charge in [-0.3, -0.25) is 4.90 Å². The summed E-state index contributed by atoms with van der Waals surface area (Å²) in [6, 6.07) is 7.28. The van der Waals surface area contributed by atoms with E-state index in [1.54, 1.807) is 4.90 Å². The van der Waals surface area contributed by atoms with Gasteiger partial charge in [0.05, 0.1) is 6.54 Å². The first-order valence-corrected chi connectivity index (χ1v) is 9.68. The molecule has 0 unspecified atom stereocenters. The van der Waals surface area contributed by atoms with E-state index >= 15 is 0 Å².